The van der Waals surface area contributed by atoms with Crippen molar-refractivity contribution in [2.45, 2.75) is 70.9 Å². The van der Waals surface area contributed by atoms with Crippen LogP contribution in [0.4, 0.5) is 0 Å². The van der Waals surface area contributed by atoms with Crippen molar-refractivity contribution in [2.24, 2.45) is 11.5 Å². The molecular formula is C17H36N4O3. The second-order valence-electron chi connectivity index (χ2n) is 6.62. The molecule has 0 aliphatic rings. The molecular weight excluding hydrogens is 308 g/mol. The van der Waals surface area contributed by atoms with Gasteiger partial charge in [-0.1, -0.05) is 0 Å². The maximum absolute atomic E-state index is 12.2. The number of carbonyl (C=O) groups is 2. The van der Waals surface area contributed by atoms with Gasteiger partial charge in [0.15, 0.2) is 0 Å². The van der Waals surface area contributed by atoms with Crippen molar-refractivity contribution >= 4 is 11.9 Å². The zero-order valence-corrected chi connectivity index (χ0v) is 15.3. The number of unbranched alkanes of at least 4 members (excludes halogenated alkanes) is 1. The maximum Gasteiger partial charge on any atom is 0.303 e. The molecule has 0 fully saturated rings. The van der Waals surface area contributed by atoms with Gasteiger partial charge in [0.05, 0.1) is 0 Å². The molecule has 0 aliphatic heterocycles. The number of nitrogens with two attached hydrogens (primary N) is 2. The van der Waals surface area contributed by atoms with Gasteiger partial charge in [-0.25, -0.2) is 0 Å². The Bertz CT molecular complexity index is 349. The predicted molar refractivity (Wildman–Crippen MR) is 96.7 cm³/mol. The van der Waals surface area contributed by atoms with Gasteiger partial charge < -0.3 is 26.8 Å². The van der Waals surface area contributed by atoms with Crippen molar-refractivity contribution in [1.29, 1.82) is 0 Å². The average molecular weight is 345 g/mol. The molecule has 0 saturated heterocycles. The molecule has 0 aromatic rings. The molecule has 0 bridgehead atoms. The second-order valence-corrected chi connectivity index (χ2v) is 6.62. The Kier molecular flexibility index (Phi) is 13.5. The topological polar surface area (TPSA) is 122 Å². The van der Waals surface area contributed by atoms with Crippen LogP contribution in [0.1, 0.15) is 58.8 Å². The van der Waals surface area contributed by atoms with E-state index in [0.717, 1.165) is 38.8 Å². The fourth-order valence-electron chi connectivity index (χ4n) is 2.28. The number of carboxylic acids is 1. The number of hydrogen-bond donors (Lipinski definition) is 4. The highest BCUT2D eigenvalue weighted by atomic mass is 16.4. The van der Waals surface area contributed by atoms with Gasteiger partial charge in [-0.05, 0) is 59.0 Å². The minimum absolute atomic E-state index is 0.0295. The van der Waals surface area contributed by atoms with Gasteiger partial charge >= 0.3 is 5.97 Å². The van der Waals surface area contributed by atoms with E-state index >= 15 is 0 Å². The molecule has 7 heteroatoms. The Labute approximate surface area is 146 Å². The molecule has 0 radical (unpaired) electrons. The third-order valence-corrected chi connectivity index (χ3v) is 3.80. The summed E-state index contributed by atoms with van der Waals surface area (Å²) in [6, 6.07) is 0.272. The number of hydrogen-bond acceptors (Lipinski definition) is 5. The van der Waals surface area contributed by atoms with Crippen molar-refractivity contribution in [3.8, 4) is 0 Å². The van der Waals surface area contributed by atoms with Gasteiger partial charge in [0.2, 0.25) is 5.91 Å². The summed E-state index contributed by atoms with van der Waals surface area (Å²) in [5, 5.41) is 12.0. The van der Waals surface area contributed by atoms with Gasteiger partial charge in [-0.15, -0.1) is 0 Å². The smallest absolute Gasteiger partial charge is 0.303 e. The third-order valence-electron chi connectivity index (χ3n) is 3.80. The Morgan fingerprint density at radius 3 is 2.21 bits per heavy atom. The number of amides is 1. The molecule has 0 aromatic heterocycles. The summed E-state index contributed by atoms with van der Waals surface area (Å²) in [6.07, 6.45) is 4.36. The van der Waals surface area contributed by atoms with Crippen LogP contribution in [-0.2, 0) is 9.59 Å². The van der Waals surface area contributed by atoms with Crippen LogP contribution in [0.3, 0.4) is 0 Å². The first-order valence-electron chi connectivity index (χ1n) is 9.04. The molecule has 2 atom stereocenters. The fourth-order valence-corrected chi connectivity index (χ4v) is 2.28. The van der Waals surface area contributed by atoms with Crippen molar-refractivity contribution in [3.63, 3.8) is 0 Å². The lowest BCUT2D eigenvalue weighted by molar-refractivity contribution is -0.137. The van der Waals surface area contributed by atoms with Crippen LogP contribution in [0.15, 0.2) is 0 Å². The first-order chi connectivity index (χ1) is 11.3. The highest BCUT2D eigenvalue weighted by molar-refractivity contribution is 5.77. The summed E-state index contributed by atoms with van der Waals surface area (Å²) < 4.78 is 0. The molecule has 24 heavy (non-hydrogen) atoms. The summed E-state index contributed by atoms with van der Waals surface area (Å²) in [5.74, 6) is -0.829. The van der Waals surface area contributed by atoms with Gasteiger partial charge in [0.1, 0.15) is 0 Å². The summed E-state index contributed by atoms with van der Waals surface area (Å²) in [6.45, 7) is 7.10. The highest BCUT2D eigenvalue weighted by Crippen LogP contribution is 2.05. The summed E-state index contributed by atoms with van der Waals surface area (Å²) in [4.78, 5) is 24.6. The summed E-state index contributed by atoms with van der Waals surface area (Å²) in [7, 11) is 0. The Balaban J connectivity index is 4.02. The lowest BCUT2D eigenvalue weighted by Crippen LogP contribution is -2.35. The van der Waals surface area contributed by atoms with E-state index < -0.39 is 5.97 Å². The Morgan fingerprint density at radius 1 is 0.958 bits per heavy atom. The molecule has 0 spiro atoms. The van der Waals surface area contributed by atoms with Crippen molar-refractivity contribution < 1.29 is 14.7 Å². The number of nitrogens with one attached hydrogen (secondary N) is 1. The standard InChI is InChI=1S/C17H36N4O3/c1-14(18)8-11-20-10-3-4-12-21(13-9-15(2)19)16(22)6-5-7-17(23)24/h14-15,20H,3-13,18-19H2,1-2H3,(H,23,24). The van der Waals surface area contributed by atoms with Crippen LogP contribution in [0.5, 0.6) is 0 Å². The van der Waals surface area contributed by atoms with Crippen LogP contribution in [-0.4, -0.2) is 60.1 Å². The van der Waals surface area contributed by atoms with E-state index in [4.69, 9.17) is 16.6 Å². The monoisotopic (exact) mass is 344 g/mol. The molecule has 2 unspecified atom stereocenters. The number of nitrogens with zero attached hydrogens (tertiary/aromatic N) is 1. The zero-order valence-electron chi connectivity index (χ0n) is 15.3. The lowest BCUT2D eigenvalue weighted by Gasteiger charge is -2.23. The summed E-state index contributed by atoms with van der Waals surface area (Å²) in [5.41, 5.74) is 11.5. The number of carboxylic acid groups (broad SMARTS) is 1. The van der Waals surface area contributed by atoms with Gasteiger partial charge in [0, 0.05) is 38.0 Å². The van der Waals surface area contributed by atoms with Crippen LogP contribution >= 0.6 is 0 Å². The maximum atomic E-state index is 12.2. The molecule has 1 amide bonds. The minimum Gasteiger partial charge on any atom is -0.481 e. The molecule has 6 N–H and O–H groups in total. The third kappa shape index (κ3) is 14.4. The molecule has 0 rings (SSSR count). The average Bonchev–Trinajstić information content (AvgIpc) is 2.48. The molecule has 0 aliphatic carbocycles. The van der Waals surface area contributed by atoms with Crippen molar-refractivity contribution in [1.82, 2.24) is 10.2 Å². The quantitative estimate of drug-likeness (QED) is 0.328. The first kappa shape index (κ1) is 22.8. The predicted octanol–water partition coefficient (Wildman–Crippen LogP) is 0.914. The normalized spacial score (nSPS) is 13.5. The summed E-state index contributed by atoms with van der Waals surface area (Å²) >= 11 is 0. The molecule has 142 valence electrons. The second kappa shape index (κ2) is 14.2. The molecule has 0 heterocycles. The van der Waals surface area contributed by atoms with E-state index in [0.29, 0.717) is 19.5 Å². The lowest BCUT2D eigenvalue weighted by atomic mass is 10.1. The van der Waals surface area contributed by atoms with Crippen LogP contribution in [0.25, 0.3) is 0 Å². The van der Waals surface area contributed by atoms with E-state index in [1.165, 1.54) is 0 Å². The van der Waals surface area contributed by atoms with Gasteiger partial charge in [0.25, 0.3) is 0 Å². The van der Waals surface area contributed by atoms with E-state index in [2.05, 4.69) is 5.32 Å². The van der Waals surface area contributed by atoms with Crippen molar-refractivity contribution in [3.05, 3.63) is 0 Å². The Hall–Kier alpha value is -1.18. The zero-order chi connectivity index (χ0) is 18.4. The molecule has 7 nitrogen and oxygen atoms in total. The van der Waals surface area contributed by atoms with Crippen LogP contribution in [0, 0.1) is 0 Å². The molecule has 0 aromatic carbocycles. The molecule has 0 saturated carbocycles. The Morgan fingerprint density at radius 2 is 1.62 bits per heavy atom. The van der Waals surface area contributed by atoms with E-state index in [-0.39, 0.29) is 30.8 Å². The number of aliphatic carboxylic acids is 1. The van der Waals surface area contributed by atoms with E-state index in [1.54, 1.807) is 0 Å². The first-order valence-corrected chi connectivity index (χ1v) is 9.04. The number of rotatable bonds is 15. The minimum atomic E-state index is -0.859. The fraction of sp³-hybridized carbons (Fsp3) is 0.882. The van der Waals surface area contributed by atoms with Gasteiger partial charge in [-0.3, -0.25) is 9.59 Å². The van der Waals surface area contributed by atoms with Crippen LogP contribution < -0.4 is 16.8 Å². The van der Waals surface area contributed by atoms with Gasteiger partial charge in [-0.2, -0.15) is 0 Å². The van der Waals surface area contributed by atoms with Crippen molar-refractivity contribution in [2.75, 3.05) is 26.2 Å². The van der Waals surface area contributed by atoms with E-state index in [9.17, 15) is 9.59 Å². The largest absolute Gasteiger partial charge is 0.481 e. The van der Waals surface area contributed by atoms with Crippen LogP contribution in [0.2, 0.25) is 0 Å². The number of carbonyl (C=O) groups excluding carboxylic acids is 1. The van der Waals surface area contributed by atoms with E-state index in [1.807, 2.05) is 18.7 Å². The SMILES string of the molecule is CC(N)CCNCCCCN(CCC(C)N)C(=O)CCCC(=O)O. The highest BCUT2D eigenvalue weighted by Gasteiger charge is 2.14.